The first kappa shape index (κ1) is 55.6. The highest BCUT2D eigenvalue weighted by Crippen LogP contribution is 2.21. The highest BCUT2D eigenvalue weighted by Gasteiger charge is 2.06. The van der Waals surface area contributed by atoms with Gasteiger partial charge in [0.25, 0.3) is 0 Å². The molecule has 8 heteroatoms. The highest BCUT2D eigenvalue weighted by molar-refractivity contribution is 8.76. The van der Waals surface area contributed by atoms with Crippen molar-refractivity contribution in [1.82, 2.24) is 9.80 Å². The molecule has 0 heterocycles. The van der Waals surface area contributed by atoms with Crippen LogP contribution in [-0.2, 0) is 19.1 Å². The number of hydrogen-bond acceptors (Lipinski definition) is 8. The van der Waals surface area contributed by atoms with Gasteiger partial charge < -0.3 is 19.3 Å². The second-order valence-electron chi connectivity index (χ2n) is 16.8. The number of nitrogens with zero attached hydrogens (tertiary/aromatic N) is 2. The van der Waals surface area contributed by atoms with Crippen molar-refractivity contribution in [2.24, 2.45) is 0 Å². The minimum Gasteiger partial charge on any atom is -0.466 e. The zero-order valence-corrected chi connectivity index (χ0v) is 39.7. The van der Waals surface area contributed by atoms with E-state index in [0.29, 0.717) is 26.1 Å². The third-order valence-corrected chi connectivity index (χ3v) is 13.4. The van der Waals surface area contributed by atoms with Crippen LogP contribution in [0.4, 0.5) is 0 Å². The van der Waals surface area contributed by atoms with Gasteiger partial charge in [-0.25, -0.2) is 0 Å². The van der Waals surface area contributed by atoms with Crippen molar-refractivity contribution in [1.29, 1.82) is 0 Å². The fourth-order valence-electron chi connectivity index (χ4n) is 7.19. The summed E-state index contributed by atoms with van der Waals surface area (Å²) < 4.78 is 11.0. The minimum absolute atomic E-state index is 0.0223. The minimum atomic E-state index is -0.0223. The maximum Gasteiger partial charge on any atom is 0.305 e. The zero-order valence-electron chi connectivity index (χ0n) is 38.0. The predicted molar refractivity (Wildman–Crippen MR) is 250 cm³/mol. The third-order valence-electron chi connectivity index (χ3n) is 11.1. The van der Waals surface area contributed by atoms with E-state index >= 15 is 0 Å². The first-order valence-corrected chi connectivity index (χ1v) is 26.9. The van der Waals surface area contributed by atoms with E-state index < -0.39 is 0 Å². The van der Waals surface area contributed by atoms with Crippen molar-refractivity contribution < 1.29 is 19.1 Å². The lowest BCUT2D eigenvalue weighted by atomic mass is 10.0. The Morgan fingerprint density at radius 3 is 0.875 bits per heavy atom. The maximum absolute atomic E-state index is 12.1. The Bertz CT molecular complexity index is 741. The summed E-state index contributed by atoms with van der Waals surface area (Å²) in [6.07, 6.45) is 43.2. The van der Waals surface area contributed by atoms with Crippen LogP contribution in [0.2, 0.25) is 0 Å². The van der Waals surface area contributed by atoms with Crippen LogP contribution >= 0.6 is 21.6 Å². The molecule has 6 nitrogen and oxygen atoms in total. The van der Waals surface area contributed by atoms with Crippen molar-refractivity contribution in [2.75, 3.05) is 65.0 Å². The Labute approximate surface area is 358 Å². The van der Waals surface area contributed by atoms with Crippen LogP contribution < -0.4 is 0 Å². The van der Waals surface area contributed by atoms with Crippen LogP contribution in [-0.4, -0.2) is 86.7 Å². The summed E-state index contributed by atoms with van der Waals surface area (Å²) in [7, 11) is 8.19. The van der Waals surface area contributed by atoms with E-state index in [4.69, 9.17) is 9.47 Å². The van der Waals surface area contributed by atoms with Gasteiger partial charge in [0.05, 0.1) is 13.2 Å². The van der Waals surface area contributed by atoms with Gasteiger partial charge in [-0.3, -0.25) is 9.59 Å². The summed E-state index contributed by atoms with van der Waals surface area (Å²) in [5, 5.41) is 0. The number of esters is 2. The molecule has 0 amide bonds. The number of carbonyl (C=O) groups excluding carboxylic acids is 2. The molecular formula is C48H96N2O4S2. The maximum atomic E-state index is 12.1. The van der Waals surface area contributed by atoms with Crippen LogP contribution in [0, 0.1) is 0 Å². The van der Waals surface area contributed by atoms with Gasteiger partial charge in [-0.2, -0.15) is 0 Å². The molecule has 0 N–H and O–H groups in total. The molecular weight excluding hydrogens is 733 g/mol. The van der Waals surface area contributed by atoms with Crippen LogP contribution in [0.5, 0.6) is 0 Å². The van der Waals surface area contributed by atoms with Crippen LogP contribution in [0.1, 0.15) is 232 Å². The lowest BCUT2D eigenvalue weighted by molar-refractivity contribution is -0.144. The molecule has 0 aromatic rings. The number of rotatable bonds is 47. The predicted octanol–water partition coefficient (Wildman–Crippen LogP) is 14.6. The number of ether oxygens (including phenoxy) is 2. The van der Waals surface area contributed by atoms with E-state index in [1.54, 1.807) is 0 Å². The van der Waals surface area contributed by atoms with E-state index in [1.807, 2.05) is 21.6 Å². The van der Waals surface area contributed by atoms with Gasteiger partial charge in [-0.15, -0.1) is 0 Å². The SMILES string of the molecule is CCCCCCCCCCCCCCCCCC(=O)OCCCN(C)CCSSCCN(C)CCCOC(=O)CCCCCCCCCCCCCCCCC. The van der Waals surface area contributed by atoms with Crippen molar-refractivity contribution in [3.63, 3.8) is 0 Å². The largest absolute Gasteiger partial charge is 0.466 e. The molecule has 0 aliphatic carbocycles. The molecule has 0 bridgehead atoms. The van der Waals surface area contributed by atoms with E-state index in [0.717, 1.165) is 76.2 Å². The standard InChI is InChI=1S/C48H96N2O4S2/c1-5-7-9-11-13-15-17-19-21-23-25-27-29-31-33-37-47(51)53-43-35-39-49(3)41-45-55-56-46-42-50(4)40-36-44-54-48(52)38-34-32-30-28-26-24-22-20-18-16-14-12-10-8-6-2/h5-46H2,1-4H3. The van der Waals surface area contributed by atoms with Crippen molar-refractivity contribution in [3.05, 3.63) is 0 Å². The Balaban J connectivity index is 3.39. The summed E-state index contributed by atoms with van der Waals surface area (Å²) in [5.41, 5.74) is 0. The van der Waals surface area contributed by atoms with Crippen LogP contribution in [0.25, 0.3) is 0 Å². The number of hydrogen-bond donors (Lipinski definition) is 0. The molecule has 0 saturated heterocycles. The second-order valence-corrected chi connectivity index (χ2v) is 19.5. The Hall–Kier alpha value is -0.440. The molecule has 0 fully saturated rings. The first-order valence-electron chi connectivity index (χ1n) is 24.4. The summed E-state index contributed by atoms with van der Waals surface area (Å²) in [6.45, 7) is 9.66. The normalized spacial score (nSPS) is 11.6. The molecule has 0 radical (unpaired) electrons. The molecule has 0 aromatic heterocycles. The van der Waals surface area contributed by atoms with Crippen LogP contribution in [0.3, 0.4) is 0 Å². The molecule has 0 unspecified atom stereocenters. The molecule has 0 saturated carbocycles. The zero-order chi connectivity index (χ0) is 40.8. The summed E-state index contributed by atoms with van der Waals surface area (Å²) in [4.78, 5) is 28.9. The Kier molecular flexibility index (Phi) is 46.9. The molecule has 0 aliphatic heterocycles. The van der Waals surface area contributed by atoms with E-state index in [9.17, 15) is 9.59 Å². The molecule has 334 valence electrons. The fraction of sp³-hybridized carbons (Fsp3) is 0.958. The van der Waals surface area contributed by atoms with Gasteiger partial charge in [-0.05, 0) is 39.8 Å². The Morgan fingerprint density at radius 1 is 0.357 bits per heavy atom. The van der Waals surface area contributed by atoms with Gasteiger partial charge in [0, 0.05) is 50.5 Å². The topological polar surface area (TPSA) is 59.1 Å². The number of carbonyl (C=O) groups is 2. The van der Waals surface area contributed by atoms with Crippen molar-refractivity contribution >= 4 is 33.5 Å². The van der Waals surface area contributed by atoms with Crippen molar-refractivity contribution in [3.8, 4) is 0 Å². The second kappa shape index (κ2) is 47.2. The highest BCUT2D eigenvalue weighted by atomic mass is 33.1. The summed E-state index contributed by atoms with van der Waals surface area (Å²) >= 11 is 0. The van der Waals surface area contributed by atoms with E-state index in [-0.39, 0.29) is 11.9 Å². The van der Waals surface area contributed by atoms with Gasteiger partial charge >= 0.3 is 11.9 Å². The van der Waals surface area contributed by atoms with Gasteiger partial charge in [0.2, 0.25) is 0 Å². The van der Waals surface area contributed by atoms with Crippen molar-refractivity contribution in [2.45, 2.75) is 232 Å². The smallest absolute Gasteiger partial charge is 0.305 e. The Morgan fingerprint density at radius 2 is 0.607 bits per heavy atom. The molecule has 0 rings (SSSR count). The lowest BCUT2D eigenvalue weighted by Gasteiger charge is -2.17. The third kappa shape index (κ3) is 46.3. The molecule has 0 aliphatic rings. The average Bonchev–Trinajstić information content (AvgIpc) is 3.19. The van der Waals surface area contributed by atoms with Crippen LogP contribution in [0.15, 0.2) is 0 Å². The van der Waals surface area contributed by atoms with Gasteiger partial charge in [0.15, 0.2) is 0 Å². The molecule has 56 heavy (non-hydrogen) atoms. The molecule has 0 spiro atoms. The monoisotopic (exact) mass is 829 g/mol. The first-order chi connectivity index (χ1) is 27.5. The molecule has 0 atom stereocenters. The molecule has 0 aromatic carbocycles. The van der Waals surface area contributed by atoms with Gasteiger partial charge in [-0.1, -0.05) is 215 Å². The van der Waals surface area contributed by atoms with E-state index in [1.165, 1.54) is 167 Å². The summed E-state index contributed by atoms with van der Waals surface area (Å²) in [5.74, 6) is 2.15. The quantitative estimate of drug-likeness (QED) is 0.0342. The fourth-order valence-corrected chi connectivity index (χ4v) is 9.36. The summed E-state index contributed by atoms with van der Waals surface area (Å²) in [6, 6.07) is 0. The lowest BCUT2D eigenvalue weighted by Crippen LogP contribution is -2.24. The van der Waals surface area contributed by atoms with E-state index in [2.05, 4.69) is 37.7 Å². The van der Waals surface area contributed by atoms with Gasteiger partial charge in [0.1, 0.15) is 0 Å². The average molecular weight is 829 g/mol. The number of unbranched alkanes of at least 4 members (excludes halogenated alkanes) is 28.